The first-order chi connectivity index (χ1) is 20.2. The summed E-state index contributed by atoms with van der Waals surface area (Å²) in [6.45, 7) is 6.23. The van der Waals surface area contributed by atoms with Crippen LogP contribution in [0.3, 0.4) is 0 Å². The van der Waals surface area contributed by atoms with E-state index in [0.717, 1.165) is 49.4 Å². The molecular weight excluding hydrogens is 606 g/mol. The van der Waals surface area contributed by atoms with Crippen molar-refractivity contribution in [3.05, 3.63) is 34.3 Å². The van der Waals surface area contributed by atoms with E-state index in [4.69, 9.17) is 28.7 Å². The molecule has 5 fully saturated rings. The normalized spacial score (nSPS) is 35.8. The van der Waals surface area contributed by atoms with Crippen molar-refractivity contribution in [2.45, 2.75) is 121 Å². The van der Waals surface area contributed by atoms with Crippen molar-refractivity contribution >= 4 is 27.9 Å². The molecule has 9 atom stereocenters. The van der Waals surface area contributed by atoms with E-state index < -0.39 is 30.1 Å². The summed E-state index contributed by atoms with van der Waals surface area (Å²) in [6, 6.07) is 9.26. The van der Waals surface area contributed by atoms with Crippen LogP contribution >= 0.6 is 15.9 Å². The third-order valence-corrected chi connectivity index (χ3v) is 10.4. The molecule has 42 heavy (non-hydrogen) atoms. The summed E-state index contributed by atoms with van der Waals surface area (Å²) in [7, 11) is 0. The Morgan fingerprint density at radius 2 is 1.74 bits per heavy atom. The number of hydrogen-bond acceptors (Lipinski definition) is 9. The van der Waals surface area contributed by atoms with Crippen LogP contribution in [0, 0.1) is 35.0 Å². The fourth-order valence-corrected chi connectivity index (χ4v) is 7.79. The van der Waals surface area contributed by atoms with Gasteiger partial charge in [0.25, 0.3) is 0 Å². The van der Waals surface area contributed by atoms with Crippen molar-refractivity contribution in [1.82, 2.24) is 0 Å². The molecule has 1 aromatic carbocycles. The lowest BCUT2D eigenvalue weighted by molar-refractivity contribution is -0.576. The molecule has 4 aliphatic heterocycles. The minimum Gasteiger partial charge on any atom is -0.442 e. The van der Waals surface area contributed by atoms with Gasteiger partial charge in [0.05, 0.1) is 0 Å². The third kappa shape index (κ3) is 6.41. The summed E-state index contributed by atoms with van der Waals surface area (Å²) in [5.41, 5.74) is -0.0352. The summed E-state index contributed by atoms with van der Waals surface area (Å²) in [6.07, 6.45) is 5.99. The molecule has 0 amide bonds. The Labute approximate surface area is 256 Å². The Kier molecular flexibility index (Phi) is 9.95. The number of hydrogen-bond donors (Lipinski definition) is 0. The number of esters is 2. The van der Waals surface area contributed by atoms with Crippen molar-refractivity contribution in [2.24, 2.45) is 23.7 Å². The minimum absolute atomic E-state index is 0.0433. The number of rotatable bonds is 11. The molecule has 5 aliphatic rings. The Balaban J connectivity index is 1.02. The van der Waals surface area contributed by atoms with Crippen molar-refractivity contribution in [1.29, 1.82) is 5.26 Å². The van der Waals surface area contributed by atoms with Crippen molar-refractivity contribution < 1.29 is 38.3 Å². The molecule has 4 saturated heterocycles. The van der Waals surface area contributed by atoms with Gasteiger partial charge in [-0.3, -0.25) is 9.59 Å². The van der Waals surface area contributed by atoms with Crippen LogP contribution < -0.4 is 0 Å². The molecule has 10 heteroatoms. The summed E-state index contributed by atoms with van der Waals surface area (Å²) in [5, 5.41) is 9.42. The van der Waals surface area contributed by atoms with E-state index in [1.807, 2.05) is 25.1 Å². The Morgan fingerprint density at radius 1 is 1.02 bits per heavy atom. The van der Waals surface area contributed by atoms with E-state index in [1.54, 1.807) is 12.1 Å². The number of unbranched alkanes of at least 4 members (excludes halogenated alkanes) is 4. The first-order valence-corrected chi connectivity index (χ1v) is 16.2. The van der Waals surface area contributed by atoms with Crippen molar-refractivity contribution in [2.75, 3.05) is 0 Å². The Bertz CT molecular complexity index is 1170. The number of nitrogens with zero attached hydrogens (tertiary/aromatic N) is 1. The van der Waals surface area contributed by atoms with Gasteiger partial charge in [-0.15, -0.1) is 0 Å². The van der Waals surface area contributed by atoms with E-state index in [0.29, 0.717) is 30.7 Å². The predicted octanol–water partition coefficient (Wildman–Crippen LogP) is 7.04. The topological polar surface area (TPSA) is 113 Å². The molecule has 1 aromatic rings. The molecule has 9 nitrogen and oxygen atoms in total. The average molecular weight is 649 g/mol. The smallest absolute Gasteiger partial charge is 0.308 e. The number of carbonyl (C=O) groups excluding carboxylic acids is 2. The third-order valence-electron chi connectivity index (χ3n) is 9.66. The SMILES string of the molecule is C[C@H]1C(OC(=O)CCCCCCCC(=O)OC(C#N)c2ccccc2Br)O[C@@H]2O[C@@]3(C)CC[C@H]4[C@H](C)CCC1C24OO3. The van der Waals surface area contributed by atoms with Gasteiger partial charge in [0, 0.05) is 41.1 Å². The van der Waals surface area contributed by atoms with E-state index in [9.17, 15) is 14.9 Å². The monoisotopic (exact) mass is 647 g/mol. The van der Waals surface area contributed by atoms with Crippen LogP contribution in [-0.4, -0.2) is 35.9 Å². The lowest BCUT2D eigenvalue weighted by atomic mass is 9.58. The van der Waals surface area contributed by atoms with Crippen LogP contribution in [0.25, 0.3) is 0 Å². The second kappa shape index (κ2) is 13.3. The lowest BCUT2D eigenvalue weighted by Gasteiger charge is -2.59. The lowest BCUT2D eigenvalue weighted by Crippen LogP contribution is -2.70. The zero-order valence-corrected chi connectivity index (χ0v) is 26.3. The van der Waals surface area contributed by atoms with E-state index in [1.165, 1.54) is 0 Å². The van der Waals surface area contributed by atoms with E-state index in [2.05, 4.69) is 29.8 Å². The fourth-order valence-electron chi connectivity index (χ4n) is 7.30. The van der Waals surface area contributed by atoms with Crippen LogP contribution in [0.4, 0.5) is 0 Å². The van der Waals surface area contributed by atoms with Crippen LogP contribution in [-0.2, 0) is 38.3 Å². The summed E-state index contributed by atoms with van der Waals surface area (Å²) in [4.78, 5) is 37.0. The van der Waals surface area contributed by atoms with Gasteiger partial charge in [-0.1, -0.05) is 67.2 Å². The summed E-state index contributed by atoms with van der Waals surface area (Å²) in [5.74, 6) is -0.711. The largest absolute Gasteiger partial charge is 0.442 e. The number of nitriles is 1. The molecule has 2 bridgehead atoms. The highest BCUT2D eigenvalue weighted by molar-refractivity contribution is 9.10. The maximum absolute atomic E-state index is 12.8. The molecule has 4 heterocycles. The molecule has 6 rings (SSSR count). The molecule has 4 unspecified atom stereocenters. The number of halogens is 1. The molecule has 1 aliphatic carbocycles. The molecule has 0 N–H and O–H groups in total. The first kappa shape index (κ1) is 31.4. The molecule has 1 saturated carbocycles. The minimum atomic E-state index is -0.934. The van der Waals surface area contributed by atoms with E-state index >= 15 is 0 Å². The highest BCUT2D eigenvalue weighted by Crippen LogP contribution is 2.60. The average Bonchev–Trinajstić information content (AvgIpc) is 3.20. The maximum Gasteiger partial charge on any atom is 0.308 e. The van der Waals surface area contributed by atoms with Crippen molar-refractivity contribution in [3.63, 3.8) is 0 Å². The van der Waals surface area contributed by atoms with E-state index in [-0.39, 0.29) is 36.1 Å². The van der Waals surface area contributed by atoms with Gasteiger partial charge in [0.2, 0.25) is 18.2 Å². The Hall–Kier alpha value is -2.03. The predicted molar refractivity (Wildman–Crippen MR) is 154 cm³/mol. The van der Waals surface area contributed by atoms with Crippen LogP contribution in [0.1, 0.15) is 103 Å². The van der Waals surface area contributed by atoms with Gasteiger partial charge >= 0.3 is 11.9 Å². The van der Waals surface area contributed by atoms with Gasteiger partial charge in [0.1, 0.15) is 6.07 Å². The van der Waals surface area contributed by atoms with Gasteiger partial charge < -0.3 is 18.9 Å². The van der Waals surface area contributed by atoms with Gasteiger partial charge in [-0.05, 0) is 56.9 Å². The standard InChI is InChI=1S/C32H42BrNO8/c1-20-15-16-24-21(2)29(39-30-32(24)23(20)17-18-31(3,40-30)41-42-32)38-28(36)14-8-6-4-5-7-13-27(35)37-26(19-34)22-11-9-10-12-25(22)33/h9-12,20-21,23-24,26,29-30H,4-8,13-18H2,1-3H3/t20-,21-,23+,24?,26?,29?,30-,31-,32?/m1/s1. The highest BCUT2D eigenvalue weighted by atomic mass is 79.9. The fraction of sp³-hybridized carbons (Fsp3) is 0.719. The quantitative estimate of drug-likeness (QED) is 0.142. The zero-order chi connectivity index (χ0) is 29.9. The summed E-state index contributed by atoms with van der Waals surface area (Å²) >= 11 is 3.40. The Morgan fingerprint density at radius 3 is 2.48 bits per heavy atom. The number of ether oxygens (including phenoxy) is 4. The maximum atomic E-state index is 12.8. The molecule has 230 valence electrons. The number of carbonyl (C=O) groups is 2. The van der Waals surface area contributed by atoms with Crippen LogP contribution in [0.2, 0.25) is 0 Å². The molecule has 0 aromatic heterocycles. The molecular formula is C32H42BrNO8. The highest BCUT2D eigenvalue weighted by Gasteiger charge is 2.69. The summed E-state index contributed by atoms with van der Waals surface area (Å²) < 4.78 is 24.7. The van der Waals surface area contributed by atoms with Crippen LogP contribution in [0.5, 0.6) is 0 Å². The molecule has 1 spiro atoms. The van der Waals surface area contributed by atoms with Gasteiger partial charge in [0.15, 0.2) is 11.9 Å². The zero-order valence-electron chi connectivity index (χ0n) is 24.7. The van der Waals surface area contributed by atoms with Gasteiger partial charge in [-0.25, -0.2) is 9.78 Å². The number of fused-ring (bicyclic) bond motifs is 2. The number of benzene rings is 1. The van der Waals surface area contributed by atoms with Gasteiger partial charge in [-0.2, -0.15) is 5.26 Å². The molecule has 0 radical (unpaired) electrons. The van der Waals surface area contributed by atoms with Crippen LogP contribution in [0.15, 0.2) is 28.7 Å². The first-order valence-electron chi connectivity index (χ1n) is 15.4. The second-order valence-corrected chi connectivity index (χ2v) is 13.4. The van der Waals surface area contributed by atoms with Crippen molar-refractivity contribution in [3.8, 4) is 6.07 Å². The second-order valence-electron chi connectivity index (χ2n) is 12.6.